The largest absolute Gasteiger partial charge is 0.389 e. The molecular formula is C14H16N4S. The van der Waals surface area contributed by atoms with Crippen molar-refractivity contribution in [3.63, 3.8) is 0 Å². The summed E-state index contributed by atoms with van der Waals surface area (Å²) in [6.07, 6.45) is 5.29. The molecular weight excluding hydrogens is 256 g/mol. The van der Waals surface area contributed by atoms with Gasteiger partial charge in [-0.25, -0.2) is 4.98 Å². The van der Waals surface area contributed by atoms with Crippen LogP contribution in [-0.2, 0) is 0 Å². The maximum atomic E-state index is 5.77. The van der Waals surface area contributed by atoms with E-state index in [1.54, 1.807) is 18.6 Å². The van der Waals surface area contributed by atoms with Crippen molar-refractivity contribution in [2.24, 2.45) is 5.73 Å². The van der Waals surface area contributed by atoms with Crippen LogP contribution in [0.5, 0.6) is 0 Å². The Balaban J connectivity index is 2.29. The van der Waals surface area contributed by atoms with Crippen LogP contribution in [0.15, 0.2) is 36.8 Å². The van der Waals surface area contributed by atoms with Crippen molar-refractivity contribution in [3.05, 3.63) is 53.5 Å². The van der Waals surface area contributed by atoms with E-state index in [1.165, 1.54) is 0 Å². The zero-order chi connectivity index (χ0) is 13.8. The lowest BCUT2D eigenvalue weighted by Crippen LogP contribution is -2.17. The highest BCUT2D eigenvalue weighted by atomic mass is 32.1. The van der Waals surface area contributed by atoms with Gasteiger partial charge in [0.2, 0.25) is 0 Å². The maximum absolute atomic E-state index is 5.77. The van der Waals surface area contributed by atoms with Crippen molar-refractivity contribution >= 4 is 23.0 Å². The Morgan fingerprint density at radius 1 is 1.26 bits per heavy atom. The van der Waals surface area contributed by atoms with E-state index in [0.29, 0.717) is 4.99 Å². The molecule has 2 aromatic rings. The second-order valence-corrected chi connectivity index (χ2v) is 4.80. The van der Waals surface area contributed by atoms with E-state index in [2.05, 4.69) is 22.2 Å². The number of pyridine rings is 2. The quantitative estimate of drug-likeness (QED) is 0.838. The maximum Gasteiger partial charge on any atom is 0.136 e. The zero-order valence-electron chi connectivity index (χ0n) is 10.9. The molecule has 0 saturated carbocycles. The first-order valence-corrected chi connectivity index (χ1v) is 6.42. The first kappa shape index (κ1) is 13.4. The number of nitrogens with one attached hydrogen (secondary N) is 1. The van der Waals surface area contributed by atoms with E-state index in [9.17, 15) is 0 Å². The molecule has 0 aromatic carbocycles. The zero-order valence-corrected chi connectivity index (χ0v) is 11.7. The summed E-state index contributed by atoms with van der Waals surface area (Å²) >= 11 is 5.09. The van der Waals surface area contributed by atoms with Gasteiger partial charge in [0.15, 0.2) is 0 Å². The van der Waals surface area contributed by atoms with E-state index in [0.717, 1.165) is 22.5 Å². The molecule has 0 aliphatic heterocycles. The molecule has 0 aliphatic carbocycles. The summed E-state index contributed by atoms with van der Waals surface area (Å²) in [5, 5.41) is 3.34. The van der Waals surface area contributed by atoms with Crippen LogP contribution in [0.25, 0.3) is 0 Å². The predicted octanol–water partition coefficient (Wildman–Crippen LogP) is 2.59. The van der Waals surface area contributed by atoms with Gasteiger partial charge in [0, 0.05) is 18.6 Å². The molecule has 5 heteroatoms. The topological polar surface area (TPSA) is 63.8 Å². The molecule has 98 valence electrons. The average Bonchev–Trinajstić information content (AvgIpc) is 2.39. The monoisotopic (exact) mass is 272 g/mol. The molecule has 0 saturated heterocycles. The van der Waals surface area contributed by atoms with E-state index in [-0.39, 0.29) is 6.04 Å². The lowest BCUT2D eigenvalue weighted by Gasteiger charge is -2.18. The van der Waals surface area contributed by atoms with Crippen LogP contribution >= 0.6 is 12.2 Å². The Kier molecular flexibility index (Phi) is 4.06. The minimum Gasteiger partial charge on any atom is -0.389 e. The third kappa shape index (κ3) is 3.06. The molecule has 0 aliphatic rings. The number of hydrogen-bond donors (Lipinski definition) is 2. The molecule has 2 aromatic heterocycles. The number of aryl methyl sites for hydroxylation is 1. The normalized spacial score (nSPS) is 11.9. The molecule has 1 unspecified atom stereocenters. The fourth-order valence-corrected chi connectivity index (χ4v) is 2.18. The van der Waals surface area contributed by atoms with Crippen molar-refractivity contribution in [1.29, 1.82) is 0 Å². The smallest absolute Gasteiger partial charge is 0.136 e. The number of thiocarbonyl (C=S) groups is 1. The van der Waals surface area contributed by atoms with Crippen molar-refractivity contribution in [1.82, 2.24) is 9.97 Å². The van der Waals surface area contributed by atoms with Crippen LogP contribution in [-0.4, -0.2) is 15.0 Å². The lowest BCUT2D eigenvalue weighted by atomic mass is 10.1. The van der Waals surface area contributed by atoms with Crippen LogP contribution < -0.4 is 11.1 Å². The lowest BCUT2D eigenvalue weighted by molar-refractivity contribution is 0.869. The number of aromatic nitrogens is 2. The third-order valence-electron chi connectivity index (χ3n) is 2.97. The number of anilines is 1. The van der Waals surface area contributed by atoms with Gasteiger partial charge in [-0.3, -0.25) is 4.98 Å². The molecule has 0 spiro atoms. The SMILES string of the molecule is Cc1ccnc(NC(C)c2ccncc2)c1C(N)=S. The fourth-order valence-electron chi connectivity index (χ4n) is 1.92. The summed E-state index contributed by atoms with van der Waals surface area (Å²) in [4.78, 5) is 8.70. The van der Waals surface area contributed by atoms with Crippen LogP contribution in [0.2, 0.25) is 0 Å². The average molecular weight is 272 g/mol. The van der Waals surface area contributed by atoms with E-state index >= 15 is 0 Å². The standard InChI is InChI=1S/C14H16N4S/c1-9-3-8-17-14(12(9)13(15)19)18-10(2)11-4-6-16-7-5-11/h3-8,10H,1-2H3,(H2,15,19)(H,17,18). The van der Waals surface area contributed by atoms with Crippen molar-refractivity contribution in [2.45, 2.75) is 19.9 Å². The predicted molar refractivity (Wildman–Crippen MR) is 81.1 cm³/mol. The van der Waals surface area contributed by atoms with Gasteiger partial charge in [-0.1, -0.05) is 12.2 Å². The Labute approximate surface area is 118 Å². The molecule has 1 atom stereocenters. The minimum atomic E-state index is 0.102. The fraction of sp³-hybridized carbons (Fsp3) is 0.214. The highest BCUT2D eigenvalue weighted by molar-refractivity contribution is 7.80. The van der Waals surface area contributed by atoms with Crippen molar-refractivity contribution in [2.75, 3.05) is 5.32 Å². The molecule has 2 rings (SSSR count). The molecule has 0 radical (unpaired) electrons. The first-order chi connectivity index (χ1) is 9.09. The number of nitrogens with two attached hydrogens (primary N) is 1. The van der Waals surface area contributed by atoms with E-state index in [1.807, 2.05) is 25.1 Å². The molecule has 0 bridgehead atoms. The van der Waals surface area contributed by atoms with Gasteiger partial charge in [0.25, 0.3) is 0 Å². The summed E-state index contributed by atoms with van der Waals surface area (Å²) in [5.74, 6) is 0.719. The van der Waals surface area contributed by atoms with Crippen molar-refractivity contribution < 1.29 is 0 Å². The summed E-state index contributed by atoms with van der Waals surface area (Å²) in [5.41, 5.74) is 8.73. The van der Waals surface area contributed by atoms with Gasteiger partial charge >= 0.3 is 0 Å². The number of hydrogen-bond acceptors (Lipinski definition) is 4. The Morgan fingerprint density at radius 2 is 1.95 bits per heavy atom. The van der Waals surface area contributed by atoms with Gasteiger partial charge in [0.1, 0.15) is 10.8 Å². The van der Waals surface area contributed by atoms with Crippen LogP contribution in [0.3, 0.4) is 0 Å². The van der Waals surface area contributed by atoms with E-state index in [4.69, 9.17) is 18.0 Å². The molecule has 0 amide bonds. The first-order valence-electron chi connectivity index (χ1n) is 6.01. The highest BCUT2D eigenvalue weighted by Crippen LogP contribution is 2.22. The van der Waals surface area contributed by atoms with Gasteiger partial charge < -0.3 is 11.1 Å². The van der Waals surface area contributed by atoms with Gasteiger partial charge in [-0.05, 0) is 43.2 Å². The van der Waals surface area contributed by atoms with Crippen LogP contribution in [0.1, 0.15) is 29.7 Å². The number of nitrogens with zero attached hydrogens (tertiary/aromatic N) is 2. The molecule has 2 heterocycles. The van der Waals surface area contributed by atoms with Gasteiger partial charge in [-0.2, -0.15) is 0 Å². The molecule has 19 heavy (non-hydrogen) atoms. The Morgan fingerprint density at radius 3 is 2.58 bits per heavy atom. The van der Waals surface area contributed by atoms with Crippen molar-refractivity contribution in [3.8, 4) is 0 Å². The van der Waals surface area contributed by atoms with Crippen LogP contribution in [0.4, 0.5) is 5.82 Å². The third-order valence-corrected chi connectivity index (χ3v) is 3.17. The highest BCUT2D eigenvalue weighted by Gasteiger charge is 2.13. The van der Waals surface area contributed by atoms with Crippen LogP contribution in [0, 0.1) is 6.92 Å². The number of rotatable bonds is 4. The molecule has 4 nitrogen and oxygen atoms in total. The second-order valence-electron chi connectivity index (χ2n) is 4.36. The summed E-state index contributed by atoms with van der Waals surface area (Å²) in [6.45, 7) is 4.03. The van der Waals surface area contributed by atoms with E-state index < -0.39 is 0 Å². The molecule has 3 N–H and O–H groups in total. The second kappa shape index (κ2) is 5.75. The Hall–Kier alpha value is -2.01. The summed E-state index contributed by atoms with van der Waals surface area (Å²) in [7, 11) is 0. The Bertz CT molecular complexity index is 583. The minimum absolute atomic E-state index is 0.102. The van der Waals surface area contributed by atoms with Gasteiger partial charge in [0.05, 0.1) is 11.6 Å². The molecule has 0 fully saturated rings. The summed E-state index contributed by atoms with van der Waals surface area (Å²) < 4.78 is 0. The summed E-state index contributed by atoms with van der Waals surface area (Å²) in [6, 6.07) is 5.93. The van der Waals surface area contributed by atoms with Gasteiger partial charge in [-0.15, -0.1) is 0 Å².